The van der Waals surface area contributed by atoms with E-state index in [9.17, 15) is 9.90 Å². The number of benzene rings is 2. The van der Waals surface area contributed by atoms with Crippen molar-refractivity contribution < 1.29 is 14.8 Å². The number of carbonyl (C=O) groups is 1. The highest BCUT2D eigenvalue weighted by molar-refractivity contribution is 5.90. The molecule has 1 amide bonds. The Hall–Kier alpha value is -2.17. The van der Waals surface area contributed by atoms with E-state index >= 15 is 0 Å². The maximum absolute atomic E-state index is 13.0. The van der Waals surface area contributed by atoms with Crippen LogP contribution in [0.1, 0.15) is 30.9 Å². The summed E-state index contributed by atoms with van der Waals surface area (Å²) in [5.41, 5.74) is -0.498. The van der Waals surface area contributed by atoms with Crippen molar-refractivity contribution in [2.45, 2.75) is 31.4 Å². The van der Waals surface area contributed by atoms with Crippen LogP contribution in [0.15, 0.2) is 60.7 Å². The van der Waals surface area contributed by atoms with E-state index in [1.807, 2.05) is 36.4 Å². The average Bonchev–Trinajstić information content (AvgIpc) is 3.14. The van der Waals surface area contributed by atoms with Crippen molar-refractivity contribution in [3.05, 3.63) is 71.8 Å². The number of nitrogens with one attached hydrogen (secondary N) is 2. The Morgan fingerprint density at radius 3 is 2.20 bits per heavy atom. The van der Waals surface area contributed by atoms with Crippen molar-refractivity contribution in [2.24, 2.45) is 0 Å². The lowest BCUT2D eigenvalue weighted by Crippen LogP contribution is -3.14. The minimum atomic E-state index is -1.67. The highest BCUT2D eigenvalue weighted by atomic mass is 16.3. The maximum atomic E-state index is 13.0. The maximum Gasteiger partial charge on any atom is 0.261 e. The van der Waals surface area contributed by atoms with E-state index in [1.54, 1.807) is 24.3 Å². The Morgan fingerprint density at radius 1 is 1.12 bits per heavy atom. The largest absolute Gasteiger partial charge is 0.372 e. The molecule has 1 aliphatic rings. The van der Waals surface area contributed by atoms with Gasteiger partial charge in [0, 0.05) is 12.8 Å². The van der Waals surface area contributed by atoms with Crippen LogP contribution in [0.5, 0.6) is 0 Å². The van der Waals surface area contributed by atoms with E-state index in [-0.39, 0.29) is 5.91 Å². The monoisotopic (exact) mass is 339 g/mol. The number of aliphatic hydroxyl groups is 1. The zero-order valence-electron chi connectivity index (χ0n) is 14.7. The summed E-state index contributed by atoms with van der Waals surface area (Å²) in [7, 11) is 0. The third-order valence-electron chi connectivity index (χ3n) is 5.30. The molecule has 2 aromatic rings. The first kappa shape index (κ1) is 17.6. The first-order chi connectivity index (χ1) is 12.2. The van der Waals surface area contributed by atoms with Gasteiger partial charge in [-0.15, -0.1) is 0 Å². The predicted octanol–water partition coefficient (Wildman–Crippen LogP) is 1.11. The molecule has 4 heteroatoms. The van der Waals surface area contributed by atoms with Crippen LogP contribution in [0.3, 0.4) is 0 Å². The summed E-state index contributed by atoms with van der Waals surface area (Å²) in [5.74, 6) is -0.354. The number of hydrogen-bond acceptors (Lipinski definition) is 2. The number of likely N-dealkylation sites (N-methyl/N-ethyl adjacent to an activating group) is 1. The molecular weight excluding hydrogens is 312 g/mol. The summed E-state index contributed by atoms with van der Waals surface area (Å²) in [6.07, 6.45) is 2.32. The summed E-state index contributed by atoms with van der Waals surface area (Å²) >= 11 is 0. The Bertz CT molecular complexity index is 648. The van der Waals surface area contributed by atoms with E-state index in [0.717, 1.165) is 13.0 Å². The van der Waals surface area contributed by atoms with Crippen molar-refractivity contribution in [3.63, 3.8) is 0 Å². The van der Waals surface area contributed by atoms with E-state index in [4.69, 9.17) is 0 Å². The van der Waals surface area contributed by atoms with Crippen LogP contribution in [0.2, 0.25) is 0 Å². The summed E-state index contributed by atoms with van der Waals surface area (Å²) in [6, 6.07) is 18.8. The highest BCUT2D eigenvalue weighted by Gasteiger charge is 2.40. The van der Waals surface area contributed by atoms with Crippen LogP contribution >= 0.6 is 0 Å². The van der Waals surface area contributed by atoms with Crippen molar-refractivity contribution in [2.75, 3.05) is 19.6 Å². The molecule has 1 fully saturated rings. The lowest BCUT2D eigenvalue weighted by atomic mass is 9.85. The average molecular weight is 339 g/mol. The van der Waals surface area contributed by atoms with Gasteiger partial charge in [0.25, 0.3) is 5.91 Å². The van der Waals surface area contributed by atoms with Gasteiger partial charge < -0.3 is 15.3 Å². The molecule has 0 radical (unpaired) electrons. The van der Waals surface area contributed by atoms with Crippen LogP contribution in [0, 0.1) is 0 Å². The van der Waals surface area contributed by atoms with E-state index in [1.165, 1.54) is 17.9 Å². The fourth-order valence-corrected chi connectivity index (χ4v) is 3.83. The zero-order chi connectivity index (χ0) is 17.7. The van der Waals surface area contributed by atoms with Crippen LogP contribution in [-0.2, 0) is 10.4 Å². The van der Waals surface area contributed by atoms with Gasteiger partial charge in [-0.1, -0.05) is 60.7 Å². The summed E-state index contributed by atoms with van der Waals surface area (Å²) in [4.78, 5) is 14.6. The second kappa shape index (κ2) is 7.81. The van der Waals surface area contributed by atoms with Crippen molar-refractivity contribution in [1.82, 2.24) is 5.32 Å². The van der Waals surface area contributed by atoms with Gasteiger partial charge in [0.15, 0.2) is 5.60 Å². The summed E-state index contributed by atoms with van der Waals surface area (Å²) < 4.78 is 0. The van der Waals surface area contributed by atoms with Crippen molar-refractivity contribution in [3.8, 4) is 0 Å². The number of quaternary nitrogens is 1. The molecule has 0 saturated carbocycles. The molecule has 1 saturated heterocycles. The minimum Gasteiger partial charge on any atom is -0.372 e. The van der Waals surface area contributed by atoms with Crippen LogP contribution in [0.4, 0.5) is 0 Å². The second-order valence-corrected chi connectivity index (χ2v) is 6.75. The Morgan fingerprint density at radius 2 is 1.68 bits per heavy atom. The number of likely N-dealkylation sites (tertiary alicyclic amines) is 1. The lowest BCUT2D eigenvalue weighted by molar-refractivity contribution is -0.909. The van der Waals surface area contributed by atoms with Crippen molar-refractivity contribution >= 4 is 5.91 Å². The summed E-state index contributed by atoms with van der Waals surface area (Å²) in [6.45, 7) is 5.02. The quantitative estimate of drug-likeness (QED) is 0.738. The van der Waals surface area contributed by atoms with E-state index in [0.29, 0.717) is 23.7 Å². The molecule has 25 heavy (non-hydrogen) atoms. The lowest BCUT2D eigenvalue weighted by Gasteiger charge is -2.29. The zero-order valence-corrected chi connectivity index (χ0v) is 14.7. The van der Waals surface area contributed by atoms with Gasteiger partial charge in [-0.05, 0) is 18.1 Å². The fourth-order valence-electron chi connectivity index (χ4n) is 3.83. The van der Waals surface area contributed by atoms with Crippen molar-refractivity contribution in [1.29, 1.82) is 0 Å². The SMILES string of the molecule is CC[NH+]1CCC[C@H]1CNC(=O)C(O)(c1ccccc1)c1ccccc1. The molecule has 3 N–H and O–H groups in total. The molecule has 3 rings (SSSR count). The van der Waals surface area contributed by atoms with Crippen LogP contribution in [0.25, 0.3) is 0 Å². The molecule has 1 unspecified atom stereocenters. The van der Waals surface area contributed by atoms with Gasteiger partial charge in [-0.25, -0.2) is 0 Å². The number of hydrogen-bond donors (Lipinski definition) is 3. The number of amides is 1. The first-order valence-electron chi connectivity index (χ1n) is 9.12. The topological polar surface area (TPSA) is 53.8 Å². The van der Waals surface area contributed by atoms with Gasteiger partial charge in [-0.2, -0.15) is 0 Å². The molecule has 2 aromatic carbocycles. The Kier molecular flexibility index (Phi) is 5.51. The third kappa shape index (κ3) is 3.60. The van der Waals surface area contributed by atoms with Gasteiger partial charge in [0.1, 0.15) is 6.04 Å². The Labute approximate surface area is 149 Å². The molecule has 0 aromatic heterocycles. The van der Waals surface area contributed by atoms with Gasteiger partial charge >= 0.3 is 0 Å². The molecule has 0 bridgehead atoms. The standard InChI is InChI=1S/C21H26N2O2/c1-2-23-15-9-14-19(23)16-22-20(24)21(25,17-10-5-3-6-11-17)18-12-7-4-8-13-18/h3-8,10-13,19,25H,2,9,14-16H2,1H3,(H,22,24)/p+1/t19-/m0/s1. The molecule has 0 spiro atoms. The first-order valence-corrected chi connectivity index (χ1v) is 9.12. The molecule has 2 atom stereocenters. The van der Waals surface area contributed by atoms with E-state index < -0.39 is 5.60 Å². The minimum absolute atomic E-state index is 0.354. The fraction of sp³-hybridized carbons (Fsp3) is 0.381. The molecule has 1 aliphatic heterocycles. The van der Waals surface area contributed by atoms with Crippen LogP contribution in [-0.4, -0.2) is 36.7 Å². The molecule has 1 heterocycles. The smallest absolute Gasteiger partial charge is 0.261 e. The molecular formula is C21H27N2O2+. The molecule has 0 aliphatic carbocycles. The van der Waals surface area contributed by atoms with Gasteiger partial charge in [-0.3, -0.25) is 4.79 Å². The Balaban J connectivity index is 1.83. The number of carbonyl (C=O) groups excluding carboxylic acids is 1. The predicted molar refractivity (Wildman–Crippen MR) is 98.3 cm³/mol. The molecule has 132 valence electrons. The van der Waals surface area contributed by atoms with Gasteiger partial charge in [0.2, 0.25) is 0 Å². The van der Waals surface area contributed by atoms with Gasteiger partial charge in [0.05, 0.1) is 19.6 Å². The highest BCUT2D eigenvalue weighted by Crippen LogP contribution is 2.29. The molecule has 4 nitrogen and oxygen atoms in total. The normalized spacial score (nSPS) is 20.4. The van der Waals surface area contributed by atoms with Crippen LogP contribution < -0.4 is 10.2 Å². The second-order valence-electron chi connectivity index (χ2n) is 6.75. The number of rotatable bonds is 6. The van der Waals surface area contributed by atoms with E-state index in [2.05, 4.69) is 12.2 Å². The summed E-state index contributed by atoms with van der Waals surface area (Å²) in [5, 5.41) is 14.4. The third-order valence-corrected chi connectivity index (χ3v) is 5.30.